The predicted octanol–water partition coefficient (Wildman–Crippen LogP) is 4.99. The monoisotopic (exact) mass is 359 g/mol. The van der Waals surface area contributed by atoms with E-state index in [1.165, 1.54) is 5.56 Å². The molecule has 1 N–H and O–H groups in total. The van der Waals surface area contributed by atoms with Crippen LogP contribution >= 0.6 is 0 Å². The molecule has 0 fully saturated rings. The third-order valence-electron chi connectivity index (χ3n) is 4.58. The molecule has 0 radical (unpaired) electrons. The van der Waals surface area contributed by atoms with Crippen molar-refractivity contribution in [3.8, 4) is 0 Å². The molecule has 0 atom stereocenters. The molecule has 0 saturated heterocycles. The van der Waals surface area contributed by atoms with E-state index in [9.17, 15) is 4.79 Å². The van der Waals surface area contributed by atoms with Gasteiger partial charge in [0.2, 0.25) is 0 Å². The lowest BCUT2D eigenvalue weighted by atomic mass is 9.86. The number of nitrogens with one attached hydrogen (secondary N) is 1. The van der Waals surface area contributed by atoms with Crippen LogP contribution in [0.3, 0.4) is 0 Å². The molecule has 2 aromatic carbocycles. The average molecular weight is 359 g/mol. The maximum absolute atomic E-state index is 12.7. The highest BCUT2D eigenvalue weighted by Crippen LogP contribution is 2.22. The van der Waals surface area contributed by atoms with Gasteiger partial charge in [-0.1, -0.05) is 63.2 Å². The first-order valence-corrected chi connectivity index (χ1v) is 9.07. The number of nitrogens with zero attached hydrogens (tertiary/aromatic N) is 2. The van der Waals surface area contributed by atoms with Crippen LogP contribution in [-0.4, -0.2) is 16.6 Å². The number of para-hydroxylation sites is 1. The molecule has 0 saturated carbocycles. The third kappa shape index (κ3) is 4.22. The van der Waals surface area contributed by atoms with Gasteiger partial charge in [-0.15, -0.1) is 0 Å². The van der Waals surface area contributed by atoms with Gasteiger partial charge in [0.15, 0.2) is 0 Å². The number of amides is 1. The maximum Gasteiger partial charge on any atom is 0.272 e. The van der Waals surface area contributed by atoms with Crippen molar-refractivity contribution >= 4 is 22.5 Å². The zero-order valence-corrected chi connectivity index (χ0v) is 16.5. The molecule has 0 spiro atoms. The zero-order chi connectivity index (χ0) is 19.6. The molecule has 3 rings (SSSR count). The van der Waals surface area contributed by atoms with Crippen LogP contribution in [0.25, 0.3) is 10.9 Å². The number of carbonyl (C=O) groups is 1. The van der Waals surface area contributed by atoms with Gasteiger partial charge >= 0.3 is 0 Å². The Morgan fingerprint density at radius 1 is 1.04 bits per heavy atom. The lowest BCUT2D eigenvalue weighted by Gasteiger charge is -2.19. The van der Waals surface area contributed by atoms with Crippen LogP contribution in [0.5, 0.6) is 0 Å². The molecular formula is C23H25N3O. The van der Waals surface area contributed by atoms with Crippen molar-refractivity contribution in [2.24, 2.45) is 5.10 Å². The summed E-state index contributed by atoms with van der Waals surface area (Å²) in [5.74, 6) is -0.234. The SMILES string of the molecule is CC(=NNC(=O)c1cc(C)nc2ccccc12)c1ccc(C(C)(C)C)cc1. The molecule has 0 aliphatic rings. The van der Waals surface area contributed by atoms with Crippen molar-refractivity contribution in [2.75, 3.05) is 0 Å². The Hall–Kier alpha value is -3.01. The second-order valence-corrected chi connectivity index (χ2v) is 7.79. The molecule has 0 bridgehead atoms. The molecule has 0 aliphatic heterocycles. The van der Waals surface area contributed by atoms with Crippen LogP contribution in [0.15, 0.2) is 59.7 Å². The van der Waals surface area contributed by atoms with E-state index in [-0.39, 0.29) is 11.3 Å². The standard InChI is InChI=1S/C23H25N3O/c1-15-14-20(19-8-6-7-9-21(19)24-15)22(27)26-25-16(2)17-10-12-18(13-11-17)23(3,4)5/h6-14H,1-5H3,(H,26,27). The van der Waals surface area contributed by atoms with Gasteiger partial charge in [-0.05, 0) is 42.5 Å². The van der Waals surface area contributed by atoms with Crippen LogP contribution in [0, 0.1) is 6.92 Å². The Labute approximate surface area is 160 Å². The van der Waals surface area contributed by atoms with Crippen LogP contribution in [0.2, 0.25) is 0 Å². The Morgan fingerprint density at radius 2 is 1.70 bits per heavy atom. The first-order chi connectivity index (χ1) is 12.8. The van der Waals surface area contributed by atoms with E-state index in [1.54, 1.807) is 6.07 Å². The van der Waals surface area contributed by atoms with Crippen LogP contribution < -0.4 is 5.43 Å². The summed E-state index contributed by atoms with van der Waals surface area (Å²) in [6.07, 6.45) is 0. The lowest BCUT2D eigenvalue weighted by molar-refractivity contribution is 0.0956. The Morgan fingerprint density at radius 3 is 2.37 bits per heavy atom. The summed E-state index contributed by atoms with van der Waals surface area (Å²) in [5.41, 5.74) is 8.00. The maximum atomic E-state index is 12.7. The molecule has 0 unspecified atom stereocenters. The number of hydrogen-bond donors (Lipinski definition) is 1. The fraction of sp³-hybridized carbons (Fsp3) is 0.261. The third-order valence-corrected chi connectivity index (χ3v) is 4.58. The van der Waals surface area contributed by atoms with Gasteiger partial charge in [-0.3, -0.25) is 9.78 Å². The number of pyridine rings is 1. The topological polar surface area (TPSA) is 54.4 Å². The quantitative estimate of drug-likeness (QED) is 0.529. The minimum atomic E-state index is -0.234. The number of aromatic nitrogens is 1. The highest BCUT2D eigenvalue weighted by molar-refractivity contribution is 6.07. The fourth-order valence-electron chi connectivity index (χ4n) is 2.97. The van der Waals surface area contributed by atoms with Crippen molar-refractivity contribution in [1.82, 2.24) is 10.4 Å². The lowest BCUT2D eigenvalue weighted by Crippen LogP contribution is -2.20. The summed E-state index contributed by atoms with van der Waals surface area (Å²) < 4.78 is 0. The fourth-order valence-corrected chi connectivity index (χ4v) is 2.97. The number of hydrazone groups is 1. The largest absolute Gasteiger partial charge is 0.272 e. The van der Waals surface area contributed by atoms with Crippen molar-refractivity contribution in [2.45, 2.75) is 40.0 Å². The molecule has 138 valence electrons. The molecule has 0 aliphatic carbocycles. The number of fused-ring (bicyclic) bond motifs is 1. The van der Waals surface area contributed by atoms with Crippen LogP contribution in [0.4, 0.5) is 0 Å². The van der Waals surface area contributed by atoms with Gasteiger partial charge in [0.05, 0.1) is 16.8 Å². The van der Waals surface area contributed by atoms with Gasteiger partial charge in [0, 0.05) is 11.1 Å². The van der Waals surface area contributed by atoms with Crippen molar-refractivity contribution < 1.29 is 4.79 Å². The van der Waals surface area contributed by atoms with Gasteiger partial charge in [-0.25, -0.2) is 5.43 Å². The molecule has 1 heterocycles. The van der Waals surface area contributed by atoms with Gasteiger partial charge in [0.25, 0.3) is 5.91 Å². The van der Waals surface area contributed by atoms with Crippen molar-refractivity contribution in [1.29, 1.82) is 0 Å². The molecule has 4 nitrogen and oxygen atoms in total. The van der Waals surface area contributed by atoms with E-state index < -0.39 is 0 Å². The van der Waals surface area contributed by atoms with E-state index in [0.29, 0.717) is 5.56 Å². The molecule has 27 heavy (non-hydrogen) atoms. The first kappa shape index (κ1) is 18.8. The van der Waals surface area contributed by atoms with E-state index in [4.69, 9.17) is 0 Å². The Bertz CT molecular complexity index is 1010. The summed E-state index contributed by atoms with van der Waals surface area (Å²) in [7, 11) is 0. The average Bonchev–Trinajstić information content (AvgIpc) is 2.64. The Balaban J connectivity index is 1.82. The molecule has 1 aromatic heterocycles. The predicted molar refractivity (Wildman–Crippen MR) is 111 cm³/mol. The first-order valence-electron chi connectivity index (χ1n) is 9.07. The number of benzene rings is 2. The van der Waals surface area contributed by atoms with Gasteiger partial charge in [0.1, 0.15) is 0 Å². The smallest absolute Gasteiger partial charge is 0.267 e. The van der Waals surface area contributed by atoms with Crippen LogP contribution in [0.1, 0.15) is 54.9 Å². The normalized spacial score (nSPS) is 12.3. The molecular weight excluding hydrogens is 334 g/mol. The number of aryl methyl sites for hydroxylation is 1. The van der Waals surface area contributed by atoms with Crippen molar-refractivity contribution in [3.05, 3.63) is 77.0 Å². The number of carbonyl (C=O) groups excluding carboxylic acids is 1. The molecule has 3 aromatic rings. The number of rotatable bonds is 3. The minimum absolute atomic E-state index is 0.109. The van der Waals surface area contributed by atoms with E-state index >= 15 is 0 Å². The summed E-state index contributed by atoms with van der Waals surface area (Å²) >= 11 is 0. The summed E-state index contributed by atoms with van der Waals surface area (Å²) in [6, 6.07) is 17.7. The highest BCUT2D eigenvalue weighted by atomic mass is 16.2. The van der Waals surface area contributed by atoms with Gasteiger partial charge in [-0.2, -0.15) is 5.10 Å². The number of hydrogen-bond acceptors (Lipinski definition) is 3. The van der Waals surface area contributed by atoms with Gasteiger partial charge < -0.3 is 0 Å². The second kappa shape index (κ2) is 7.31. The molecule has 1 amide bonds. The minimum Gasteiger partial charge on any atom is -0.267 e. The van der Waals surface area contributed by atoms with Crippen molar-refractivity contribution in [3.63, 3.8) is 0 Å². The molecule has 4 heteroatoms. The Kier molecular flexibility index (Phi) is 5.08. The highest BCUT2D eigenvalue weighted by Gasteiger charge is 2.14. The van der Waals surface area contributed by atoms with E-state index in [1.807, 2.05) is 50.2 Å². The summed E-state index contributed by atoms with van der Waals surface area (Å²) in [5, 5.41) is 5.12. The van der Waals surface area contributed by atoms with Crippen LogP contribution in [-0.2, 0) is 5.41 Å². The second-order valence-electron chi connectivity index (χ2n) is 7.79. The van der Waals surface area contributed by atoms with E-state index in [0.717, 1.165) is 27.9 Å². The summed E-state index contributed by atoms with van der Waals surface area (Å²) in [4.78, 5) is 17.2. The zero-order valence-electron chi connectivity index (χ0n) is 16.5. The van der Waals surface area contributed by atoms with E-state index in [2.05, 4.69) is 48.4 Å². The summed E-state index contributed by atoms with van der Waals surface area (Å²) in [6.45, 7) is 10.3.